The summed E-state index contributed by atoms with van der Waals surface area (Å²) in [4.78, 5) is 0. The highest BCUT2D eigenvalue weighted by molar-refractivity contribution is 5.56. The van der Waals surface area contributed by atoms with Crippen molar-refractivity contribution in [1.29, 1.82) is 0 Å². The highest BCUT2D eigenvalue weighted by Gasteiger charge is 2.23. The monoisotopic (exact) mass is 273 g/mol. The number of tetrazole rings is 1. The Hall–Kier alpha value is -2.11. The number of nitrogens with two attached hydrogens (primary N) is 1. The lowest BCUT2D eigenvalue weighted by molar-refractivity contribution is 0.404. The molecule has 0 amide bonds. The Morgan fingerprint density at radius 3 is 2.80 bits per heavy atom. The summed E-state index contributed by atoms with van der Waals surface area (Å²) in [5.74, 6) is 2.06. The molecule has 1 fully saturated rings. The topological polar surface area (TPSA) is 78.9 Å². The van der Waals surface area contributed by atoms with Crippen molar-refractivity contribution in [1.82, 2.24) is 20.2 Å². The lowest BCUT2D eigenvalue weighted by Crippen LogP contribution is -2.13. The van der Waals surface area contributed by atoms with Gasteiger partial charge < -0.3 is 10.5 Å². The molecule has 0 radical (unpaired) electrons. The molecular weight excluding hydrogens is 254 g/mol. The number of benzene rings is 1. The molecule has 0 atom stereocenters. The number of rotatable bonds is 3. The second-order valence-electron chi connectivity index (χ2n) is 5.22. The minimum Gasteiger partial charge on any atom is -0.494 e. The maximum atomic E-state index is 5.88. The number of aromatic nitrogens is 4. The van der Waals surface area contributed by atoms with Crippen LogP contribution in [0.3, 0.4) is 0 Å². The molecule has 0 unspecified atom stereocenters. The highest BCUT2D eigenvalue weighted by Crippen LogP contribution is 2.33. The van der Waals surface area contributed by atoms with E-state index in [4.69, 9.17) is 10.5 Å². The Balaban J connectivity index is 2.02. The molecule has 0 aliphatic heterocycles. The molecule has 2 N–H and O–H groups in total. The minimum atomic E-state index is 0.421. The van der Waals surface area contributed by atoms with Gasteiger partial charge in [0.15, 0.2) is 5.82 Å². The van der Waals surface area contributed by atoms with E-state index < -0.39 is 0 Å². The highest BCUT2D eigenvalue weighted by atomic mass is 16.5. The van der Waals surface area contributed by atoms with E-state index in [1.807, 2.05) is 18.2 Å². The Kier molecular flexibility index (Phi) is 3.54. The first-order valence-corrected chi connectivity index (χ1v) is 7.02. The molecule has 1 aliphatic carbocycles. The van der Waals surface area contributed by atoms with Gasteiger partial charge in [-0.25, -0.2) is 0 Å². The van der Waals surface area contributed by atoms with Gasteiger partial charge in [0, 0.05) is 11.6 Å². The van der Waals surface area contributed by atoms with Gasteiger partial charge >= 0.3 is 0 Å². The number of hydrogen-bond donors (Lipinski definition) is 1. The van der Waals surface area contributed by atoms with E-state index in [1.165, 1.54) is 19.3 Å². The molecule has 0 spiro atoms. The summed E-state index contributed by atoms with van der Waals surface area (Å²) < 4.78 is 7.16. The van der Waals surface area contributed by atoms with E-state index in [2.05, 4.69) is 15.5 Å². The fourth-order valence-electron chi connectivity index (χ4n) is 2.85. The minimum absolute atomic E-state index is 0.421. The number of hydrogen-bond acceptors (Lipinski definition) is 5. The van der Waals surface area contributed by atoms with Crippen molar-refractivity contribution in [3.8, 4) is 11.4 Å². The van der Waals surface area contributed by atoms with Crippen LogP contribution in [0.5, 0.6) is 5.75 Å². The normalized spacial score (nSPS) is 16.2. The third-order valence-electron chi connectivity index (χ3n) is 3.90. The fourth-order valence-corrected chi connectivity index (χ4v) is 2.85. The summed E-state index contributed by atoms with van der Waals surface area (Å²) >= 11 is 0. The molecule has 1 aromatic carbocycles. The third kappa shape index (κ3) is 2.33. The predicted octanol–water partition coefficient (Wildman–Crippen LogP) is 2.30. The van der Waals surface area contributed by atoms with Crippen molar-refractivity contribution in [2.45, 2.75) is 38.0 Å². The average molecular weight is 273 g/mol. The van der Waals surface area contributed by atoms with Gasteiger partial charge in [-0.2, -0.15) is 4.68 Å². The molecule has 3 rings (SSSR count). The first kappa shape index (κ1) is 12.9. The van der Waals surface area contributed by atoms with Crippen LogP contribution in [0.15, 0.2) is 18.2 Å². The SMILES string of the molecule is COc1ccc(N)cc1-n1nnnc1C1CCCCC1. The summed E-state index contributed by atoms with van der Waals surface area (Å²) in [5.41, 5.74) is 7.36. The van der Waals surface area contributed by atoms with Gasteiger partial charge in [-0.1, -0.05) is 19.3 Å². The summed E-state index contributed by atoms with van der Waals surface area (Å²) in [7, 11) is 1.64. The van der Waals surface area contributed by atoms with Crippen molar-refractivity contribution < 1.29 is 4.74 Å². The summed E-state index contributed by atoms with van der Waals surface area (Å²) in [6, 6.07) is 5.51. The number of nitrogen functional groups attached to an aromatic ring is 1. The van der Waals surface area contributed by atoms with Crippen molar-refractivity contribution in [3.05, 3.63) is 24.0 Å². The van der Waals surface area contributed by atoms with E-state index in [0.717, 1.165) is 30.1 Å². The van der Waals surface area contributed by atoms with Crippen LogP contribution in [-0.4, -0.2) is 27.3 Å². The summed E-state index contributed by atoms with van der Waals surface area (Å²) in [5, 5.41) is 12.2. The van der Waals surface area contributed by atoms with Gasteiger partial charge in [0.1, 0.15) is 11.4 Å². The number of ether oxygens (including phenoxy) is 1. The van der Waals surface area contributed by atoms with Crippen molar-refractivity contribution >= 4 is 5.69 Å². The van der Waals surface area contributed by atoms with Crippen LogP contribution in [0.4, 0.5) is 5.69 Å². The average Bonchev–Trinajstić information content (AvgIpc) is 2.97. The largest absolute Gasteiger partial charge is 0.494 e. The van der Waals surface area contributed by atoms with Crippen LogP contribution in [0.1, 0.15) is 43.8 Å². The van der Waals surface area contributed by atoms with Crippen LogP contribution >= 0.6 is 0 Å². The molecule has 1 heterocycles. The first-order chi connectivity index (χ1) is 9.79. The zero-order valence-corrected chi connectivity index (χ0v) is 11.6. The Labute approximate surface area is 117 Å². The molecule has 6 nitrogen and oxygen atoms in total. The Morgan fingerprint density at radius 1 is 1.25 bits per heavy atom. The molecule has 6 heteroatoms. The van der Waals surface area contributed by atoms with E-state index in [9.17, 15) is 0 Å². The van der Waals surface area contributed by atoms with Gasteiger partial charge in [-0.3, -0.25) is 0 Å². The zero-order valence-electron chi connectivity index (χ0n) is 11.6. The molecule has 0 saturated heterocycles. The second-order valence-corrected chi connectivity index (χ2v) is 5.22. The fraction of sp³-hybridized carbons (Fsp3) is 0.500. The van der Waals surface area contributed by atoms with Crippen molar-refractivity contribution in [3.63, 3.8) is 0 Å². The van der Waals surface area contributed by atoms with Gasteiger partial charge in [0.05, 0.1) is 7.11 Å². The van der Waals surface area contributed by atoms with Crippen molar-refractivity contribution in [2.24, 2.45) is 0 Å². The molecular formula is C14H19N5O. The molecule has 106 valence electrons. The van der Waals surface area contributed by atoms with Crippen LogP contribution in [0.25, 0.3) is 5.69 Å². The maximum absolute atomic E-state index is 5.88. The molecule has 20 heavy (non-hydrogen) atoms. The van der Waals surface area contributed by atoms with Crippen LogP contribution in [-0.2, 0) is 0 Å². The summed E-state index contributed by atoms with van der Waals surface area (Å²) in [6.07, 6.45) is 6.08. The zero-order chi connectivity index (χ0) is 13.9. The van der Waals surface area contributed by atoms with Crippen LogP contribution < -0.4 is 10.5 Å². The predicted molar refractivity (Wildman–Crippen MR) is 75.9 cm³/mol. The van der Waals surface area contributed by atoms with Gasteiger partial charge in [-0.05, 0) is 41.5 Å². The number of anilines is 1. The molecule has 0 bridgehead atoms. The van der Waals surface area contributed by atoms with Gasteiger partial charge in [0.2, 0.25) is 0 Å². The van der Waals surface area contributed by atoms with Gasteiger partial charge in [0.25, 0.3) is 0 Å². The third-order valence-corrected chi connectivity index (χ3v) is 3.90. The quantitative estimate of drug-likeness (QED) is 0.868. The van der Waals surface area contributed by atoms with Crippen molar-refractivity contribution in [2.75, 3.05) is 12.8 Å². The molecule has 2 aromatic rings. The van der Waals surface area contributed by atoms with Crippen LogP contribution in [0, 0.1) is 0 Å². The lowest BCUT2D eigenvalue weighted by atomic mass is 9.88. The van der Waals surface area contributed by atoms with Crippen LogP contribution in [0.2, 0.25) is 0 Å². The number of methoxy groups -OCH3 is 1. The van der Waals surface area contributed by atoms with E-state index in [1.54, 1.807) is 11.8 Å². The molecule has 1 aromatic heterocycles. The summed E-state index contributed by atoms with van der Waals surface area (Å²) in [6.45, 7) is 0. The Bertz CT molecular complexity index is 589. The second kappa shape index (κ2) is 5.48. The molecule has 1 saturated carbocycles. The Morgan fingerprint density at radius 2 is 2.05 bits per heavy atom. The maximum Gasteiger partial charge on any atom is 0.159 e. The molecule has 1 aliphatic rings. The smallest absolute Gasteiger partial charge is 0.159 e. The van der Waals surface area contributed by atoms with E-state index in [0.29, 0.717) is 11.6 Å². The number of nitrogens with zero attached hydrogens (tertiary/aromatic N) is 4. The lowest BCUT2D eigenvalue weighted by Gasteiger charge is -2.21. The standard InChI is InChI=1S/C14H19N5O/c1-20-13-8-7-11(15)9-12(13)19-14(16-17-18-19)10-5-3-2-4-6-10/h7-10H,2-6,15H2,1H3. The van der Waals surface area contributed by atoms with E-state index >= 15 is 0 Å². The van der Waals surface area contributed by atoms with E-state index in [-0.39, 0.29) is 0 Å². The van der Waals surface area contributed by atoms with Gasteiger partial charge in [-0.15, -0.1) is 5.10 Å². The first-order valence-electron chi connectivity index (χ1n) is 7.02.